The van der Waals surface area contributed by atoms with E-state index in [9.17, 15) is 4.39 Å². The largest absolute Gasteiger partial charge is 0.330 e. The van der Waals surface area contributed by atoms with Crippen molar-refractivity contribution in [1.29, 1.82) is 0 Å². The van der Waals surface area contributed by atoms with Gasteiger partial charge in [-0.15, -0.1) is 0 Å². The number of likely N-dealkylation sites (N-methyl/N-ethyl adjacent to an activating group) is 1. The predicted molar refractivity (Wildman–Crippen MR) is 65.9 cm³/mol. The molecule has 1 unspecified atom stereocenters. The summed E-state index contributed by atoms with van der Waals surface area (Å²) in [5.41, 5.74) is 6.52. The van der Waals surface area contributed by atoms with Crippen molar-refractivity contribution in [2.75, 3.05) is 20.1 Å². The van der Waals surface area contributed by atoms with Crippen LogP contribution in [0.15, 0.2) is 24.3 Å². The van der Waals surface area contributed by atoms with Gasteiger partial charge in [0, 0.05) is 6.04 Å². The van der Waals surface area contributed by atoms with Crippen LogP contribution < -0.4 is 5.73 Å². The smallest absolute Gasteiger partial charge is 0.123 e. The summed E-state index contributed by atoms with van der Waals surface area (Å²) in [4.78, 5) is 2.26. The molecule has 1 aromatic carbocycles. The molecule has 0 saturated carbocycles. The summed E-state index contributed by atoms with van der Waals surface area (Å²) in [5.74, 6) is -0.158. The second kappa shape index (κ2) is 6.61. The van der Waals surface area contributed by atoms with Crippen LogP contribution >= 0.6 is 0 Å². The molecule has 0 fully saturated rings. The molecule has 0 aliphatic heterocycles. The molecule has 0 bridgehead atoms. The van der Waals surface area contributed by atoms with E-state index in [-0.39, 0.29) is 5.82 Å². The SMILES string of the molecule is CC(Cc1cccc(F)c1)N(C)CCCN. The van der Waals surface area contributed by atoms with Gasteiger partial charge in [-0.05, 0) is 57.6 Å². The molecule has 1 atom stereocenters. The Hall–Kier alpha value is -0.930. The summed E-state index contributed by atoms with van der Waals surface area (Å²) in [6.07, 6.45) is 1.88. The van der Waals surface area contributed by atoms with Crippen LogP contribution in [0.3, 0.4) is 0 Å². The highest BCUT2D eigenvalue weighted by Gasteiger charge is 2.09. The van der Waals surface area contributed by atoms with E-state index in [4.69, 9.17) is 5.73 Å². The molecule has 0 aromatic heterocycles. The molecule has 2 nitrogen and oxygen atoms in total. The Labute approximate surface area is 97.3 Å². The van der Waals surface area contributed by atoms with Gasteiger partial charge in [0.05, 0.1) is 0 Å². The highest BCUT2D eigenvalue weighted by molar-refractivity contribution is 5.17. The van der Waals surface area contributed by atoms with Gasteiger partial charge in [-0.25, -0.2) is 4.39 Å². The van der Waals surface area contributed by atoms with Crippen molar-refractivity contribution in [2.45, 2.75) is 25.8 Å². The third kappa shape index (κ3) is 4.29. The average molecular weight is 224 g/mol. The molecule has 3 heteroatoms. The normalized spacial score (nSPS) is 13.1. The Morgan fingerprint density at radius 1 is 1.44 bits per heavy atom. The zero-order valence-corrected chi connectivity index (χ0v) is 10.1. The van der Waals surface area contributed by atoms with Crippen LogP contribution in [0.4, 0.5) is 4.39 Å². The van der Waals surface area contributed by atoms with Crippen LogP contribution in [-0.4, -0.2) is 31.1 Å². The molecule has 0 radical (unpaired) electrons. The maximum atomic E-state index is 13.0. The number of benzene rings is 1. The van der Waals surface area contributed by atoms with E-state index in [0.29, 0.717) is 6.04 Å². The van der Waals surface area contributed by atoms with E-state index in [1.165, 1.54) is 6.07 Å². The lowest BCUT2D eigenvalue weighted by atomic mass is 10.1. The number of hydrogen-bond acceptors (Lipinski definition) is 2. The minimum atomic E-state index is -0.158. The minimum Gasteiger partial charge on any atom is -0.330 e. The van der Waals surface area contributed by atoms with Crippen molar-refractivity contribution in [3.8, 4) is 0 Å². The van der Waals surface area contributed by atoms with Gasteiger partial charge in [-0.1, -0.05) is 12.1 Å². The zero-order chi connectivity index (χ0) is 12.0. The van der Waals surface area contributed by atoms with Gasteiger partial charge >= 0.3 is 0 Å². The first-order valence-electron chi connectivity index (χ1n) is 5.78. The Balaban J connectivity index is 2.47. The monoisotopic (exact) mass is 224 g/mol. The molecule has 1 aromatic rings. The fourth-order valence-corrected chi connectivity index (χ4v) is 1.72. The fraction of sp³-hybridized carbons (Fsp3) is 0.538. The third-order valence-electron chi connectivity index (χ3n) is 2.89. The van der Waals surface area contributed by atoms with Crippen molar-refractivity contribution in [1.82, 2.24) is 4.90 Å². The maximum Gasteiger partial charge on any atom is 0.123 e. The molecule has 2 N–H and O–H groups in total. The zero-order valence-electron chi connectivity index (χ0n) is 10.1. The van der Waals surface area contributed by atoms with E-state index in [1.807, 2.05) is 6.07 Å². The van der Waals surface area contributed by atoms with E-state index in [1.54, 1.807) is 12.1 Å². The Morgan fingerprint density at radius 3 is 2.81 bits per heavy atom. The van der Waals surface area contributed by atoms with Gasteiger partial charge in [0.1, 0.15) is 5.82 Å². The molecular formula is C13H21FN2. The van der Waals surface area contributed by atoms with Gasteiger partial charge in [0.25, 0.3) is 0 Å². The summed E-state index contributed by atoms with van der Waals surface area (Å²) in [5, 5.41) is 0. The minimum absolute atomic E-state index is 0.158. The van der Waals surface area contributed by atoms with E-state index in [0.717, 1.165) is 31.5 Å². The van der Waals surface area contributed by atoms with Crippen molar-refractivity contribution in [3.63, 3.8) is 0 Å². The van der Waals surface area contributed by atoms with E-state index in [2.05, 4.69) is 18.9 Å². The van der Waals surface area contributed by atoms with Crippen LogP contribution in [0.1, 0.15) is 18.9 Å². The fourth-order valence-electron chi connectivity index (χ4n) is 1.72. The third-order valence-corrected chi connectivity index (χ3v) is 2.89. The molecule has 1 rings (SSSR count). The van der Waals surface area contributed by atoms with Crippen LogP contribution in [0.25, 0.3) is 0 Å². The van der Waals surface area contributed by atoms with Gasteiger partial charge in [-0.2, -0.15) is 0 Å². The standard InChI is InChI=1S/C13H21FN2/c1-11(16(2)8-4-7-15)9-12-5-3-6-13(14)10-12/h3,5-6,10-11H,4,7-9,15H2,1-2H3. The second-order valence-electron chi connectivity index (χ2n) is 4.31. The molecule has 0 saturated heterocycles. The molecular weight excluding hydrogens is 203 g/mol. The topological polar surface area (TPSA) is 29.3 Å². The van der Waals surface area contributed by atoms with Gasteiger partial charge in [0.2, 0.25) is 0 Å². The summed E-state index contributed by atoms with van der Waals surface area (Å²) in [6, 6.07) is 7.22. The Bertz CT molecular complexity index is 315. The highest BCUT2D eigenvalue weighted by Crippen LogP contribution is 2.09. The van der Waals surface area contributed by atoms with Crippen LogP contribution in [0.2, 0.25) is 0 Å². The summed E-state index contributed by atoms with van der Waals surface area (Å²) >= 11 is 0. The molecule has 0 heterocycles. The molecule has 0 spiro atoms. The predicted octanol–water partition coefficient (Wildman–Crippen LogP) is 2.04. The quantitative estimate of drug-likeness (QED) is 0.801. The van der Waals surface area contributed by atoms with Crippen molar-refractivity contribution in [3.05, 3.63) is 35.6 Å². The van der Waals surface area contributed by atoms with Crippen LogP contribution in [-0.2, 0) is 6.42 Å². The van der Waals surface area contributed by atoms with Gasteiger partial charge in [0.15, 0.2) is 0 Å². The Morgan fingerprint density at radius 2 is 2.19 bits per heavy atom. The second-order valence-corrected chi connectivity index (χ2v) is 4.31. The first-order valence-corrected chi connectivity index (χ1v) is 5.78. The molecule has 90 valence electrons. The van der Waals surface area contributed by atoms with Crippen molar-refractivity contribution >= 4 is 0 Å². The highest BCUT2D eigenvalue weighted by atomic mass is 19.1. The van der Waals surface area contributed by atoms with E-state index >= 15 is 0 Å². The number of nitrogens with zero attached hydrogens (tertiary/aromatic N) is 1. The first-order chi connectivity index (χ1) is 7.63. The summed E-state index contributed by atoms with van der Waals surface area (Å²) in [7, 11) is 2.08. The van der Waals surface area contributed by atoms with Gasteiger partial charge < -0.3 is 10.6 Å². The maximum absolute atomic E-state index is 13.0. The number of halogens is 1. The van der Waals surface area contributed by atoms with Crippen molar-refractivity contribution in [2.24, 2.45) is 5.73 Å². The van der Waals surface area contributed by atoms with Crippen LogP contribution in [0.5, 0.6) is 0 Å². The molecule has 0 aliphatic rings. The van der Waals surface area contributed by atoms with Crippen LogP contribution in [0, 0.1) is 5.82 Å². The lowest BCUT2D eigenvalue weighted by Gasteiger charge is -2.24. The lowest BCUT2D eigenvalue weighted by molar-refractivity contribution is 0.254. The summed E-state index contributed by atoms with van der Waals surface area (Å²) in [6.45, 7) is 3.87. The van der Waals surface area contributed by atoms with Crippen molar-refractivity contribution < 1.29 is 4.39 Å². The van der Waals surface area contributed by atoms with Gasteiger partial charge in [-0.3, -0.25) is 0 Å². The summed E-state index contributed by atoms with van der Waals surface area (Å²) < 4.78 is 13.0. The Kier molecular flexibility index (Phi) is 5.43. The molecule has 0 aliphatic carbocycles. The number of nitrogens with two attached hydrogens (primary N) is 1. The number of rotatable bonds is 6. The lowest BCUT2D eigenvalue weighted by Crippen LogP contribution is -2.32. The average Bonchev–Trinajstić information content (AvgIpc) is 2.25. The van der Waals surface area contributed by atoms with E-state index < -0.39 is 0 Å². The molecule has 0 amide bonds. The molecule has 16 heavy (non-hydrogen) atoms. The first kappa shape index (κ1) is 13.1. The number of hydrogen-bond donors (Lipinski definition) is 1.